The quantitative estimate of drug-likeness (QED) is 0.842. The predicted octanol–water partition coefficient (Wildman–Crippen LogP) is 4.59. The number of hydrogen-bond donors (Lipinski definition) is 2. The molecule has 2 rings (SSSR count). The van der Waals surface area contributed by atoms with Crippen LogP contribution in [0.1, 0.15) is 31.9 Å². The van der Waals surface area contributed by atoms with Crippen molar-refractivity contribution in [3.63, 3.8) is 0 Å². The van der Waals surface area contributed by atoms with Crippen molar-refractivity contribution in [3.8, 4) is 23.0 Å². The summed E-state index contributed by atoms with van der Waals surface area (Å²) in [5, 5.41) is 19.7. The van der Waals surface area contributed by atoms with Gasteiger partial charge in [0.05, 0.1) is 14.2 Å². The van der Waals surface area contributed by atoms with E-state index in [1.807, 2.05) is 24.3 Å². The summed E-state index contributed by atoms with van der Waals surface area (Å²) in [4.78, 5) is 0. The van der Waals surface area contributed by atoms with Gasteiger partial charge in [0.2, 0.25) is 0 Å². The molecule has 0 aliphatic carbocycles. The zero-order valence-electron chi connectivity index (χ0n) is 14.8. The Morgan fingerprint density at radius 2 is 1.25 bits per heavy atom. The Balaban J connectivity index is 2.70. The lowest BCUT2D eigenvalue weighted by Gasteiger charge is -2.18. The molecule has 0 atom stereocenters. The molecule has 0 spiro atoms. The fourth-order valence-corrected chi connectivity index (χ4v) is 2.58. The summed E-state index contributed by atoms with van der Waals surface area (Å²) in [6, 6.07) is 10.6. The van der Waals surface area contributed by atoms with E-state index in [2.05, 4.69) is 20.8 Å². The van der Waals surface area contributed by atoms with E-state index in [0.29, 0.717) is 17.4 Å². The topological polar surface area (TPSA) is 58.9 Å². The minimum atomic E-state index is 0.103. The van der Waals surface area contributed by atoms with Crippen LogP contribution in [0.5, 0.6) is 23.0 Å². The number of phenols is 2. The molecule has 0 amide bonds. The Bertz CT molecular complexity index is 705. The summed E-state index contributed by atoms with van der Waals surface area (Å²) in [7, 11) is 3.06. The standard InChI is InChI=1S/C20H24O4/c1-12(2)13(3)20(14-6-8-16(21)18(10-14)23-4)15-7-9-17(22)19(11-15)24-5/h6-12,21-22H,1-5H3. The van der Waals surface area contributed by atoms with E-state index in [4.69, 9.17) is 9.47 Å². The number of ether oxygens (including phenoxy) is 2. The maximum absolute atomic E-state index is 9.86. The van der Waals surface area contributed by atoms with Gasteiger partial charge in [-0.3, -0.25) is 0 Å². The average Bonchev–Trinajstić information content (AvgIpc) is 2.57. The number of hydrogen-bond acceptors (Lipinski definition) is 4. The van der Waals surface area contributed by atoms with Gasteiger partial charge in [0.15, 0.2) is 23.0 Å². The van der Waals surface area contributed by atoms with Gasteiger partial charge in [0, 0.05) is 0 Å². The SMILES string of the molecule is COc1cc(C(=C(C)C(C)C)c2ccc(O)c(OC)c2)ccc1O. The molecule has 0 saturated carbocycles. The Labute approximate surface area is 143 Å². The fraction of sp³-hybridized carbons (Fsp3) is 0.300. The molecule has 0 heterocycles. The molecule has 2 aromatic rings. The van der Waals surface area contributed by atoms with Gasteiger partial charge in [-0.1, -0.05) is 31.6 Å². The Morgan fingerprint density at radius 3 is 1.58 bits per heavy atom. The smallest absolute Gasteiger partial charge is 0.161 e. The van der Waals surface area contributed by atoms with E-state index in [1.54, 1.807) is 12.1 Å². The molecule has 4 nitrogen and oxygen atoms in total. The highest BCUT2D eigenvalue weighted by Gasteiger charge is 2.15. The Morgan fingerprint density at radius 1 is 0.833 bits per heavy atom. The largest absolute Gasteiger partial charge is 0.504 e. The Kier molecular flexibility index (Phi) is 5.39. The van der Waals surface area contributed by atoms with Crippen molar-refractivity contribution in [2.45, 2.75) is 20.8 Å². The molecule has 4 heteroatoms. The van der Waals surface area contributed by atoms with E-state index in [-0.39, 0.29) is 11.5 Å². The molecule has 0 bridgehead atoms. The molecule has 0 fully saturated rings. The molecule has 0 saturated heterocycles. The second kappa shape index (κ2) is 7.30. The van der Waals surface area contributed by atoms with Gasteiger partial charge < -0.3 is 19.7 Å². The molecule has 2 aromatic carbocycles. The maximum atomic E-state index is 9.86. The average molecular weight is 328 g/mol. The molecule has 0 aliphatic heterocycles. The first-order chi connectivity index (χ1) is 11.4. The minimum Gasteiger partial charge on any atom is -0.504 e. The third kappa shape index (κ3) is 3.48. The van der Waals surface area contributed by atoms with Crippen molar-refractivity contribution in [2.75, 3.05) is 14.2 Å². The highest BCUT2D eigenvalue weighted by atomic mass is 16.5. The second-order valence-electron chi connectivity index (χ2n) is 5.99. The van der Waals surface area contributed by atoms with Gasteiger partial charge in [-0.05, 0) is 53.8 Å². The lowest BCUT2D eigenvalue weighted by Crippen LogP contribution is -1.99. The number of methoxy groups -OCH3 is 2. The van der Waals surface area contributed by atoms with Gasteiger partial charge in [0.1, 0.15) is 0 Å². The molecule has 2 N–H and O–H groups in total. The number of phenolic OH excluding ortho intramolecular Hbond substituents is 2. The molecule has 0 unspecified atom stereocenters. The maximum Gasteiger partial charge on any atom is 0.161 e. The third-order valence-corrected chi connectivity index (χ3v) is 4.20. The van der Waals surface area contributed by atoms with Gasteiger partial charge in [-0.15, -0.1) is 0 Å². The van der Waals surface area contributed by atoms with Crippen molar-refractivity contribution in [1.82, 2.24) is 0 Å². The normalized spacial score (nSPS) is 10.6. The summed E-state index contributed by atoms with van der Waals surface area (Å²) in [6.45, 7) is 6.34. The lowest BCUT2D eigenvalue weighted by atomic mass is 9.88. The van der Waals surface area contributed by atoms with Gasteiger partial charge in [-0.2, -0.15) is 0 Å². The number of allylic oxidation sites excluding steroid dienone is 1. The zero-order chi connectivity index (χ0) is 17.9. The number of aromatic hydroxyl groups is 2. The van der Waals surface area contributed by atoms with Crippen LogP contribution in [0.2, 0.25) is 0 Å². The van der Waals surface area contributed by atoms with Crippen molar-refractivity contribution >= 4 is 5.57 Å². The molecular weight excluding hydrogens is 304 g/mol. The molecule has 24 heavy (non-hydrogen) atoms. The highest BCUT2D eigenvalue weighted by molar-refractivity contribution is 5.84. The summed E-state index contributed by atoms with van der Waals surface area (Å²) in [6.07, 6.45) is 0. The first-order valence-corrected chi connectivity index (χ1v) is 7.84. The monoisotopic (exact) mass is 328 g/mol. The van der Waals surface area contributed by atoms with Crippen LogP contribution >= 0.6 is 0 Å². The molecule has 0 aromatic heterocycles. The third-order valence-electron chi connectivity index (χ3n) is 4.20. The molecular formula is C20H24O4. The fourth-order valence-electron chi connectivity index (χ4n) is 2.58. The van der Waals surface area contributed by atoms with Crippen molar-refractivity contribution in [1.29, 1.82) is 0 Å². The number of benzene rings is 2. The van der Waals surface area contributed by atoms with Gasteiger partial charge in [-0.25, -0.2) is 0 Å². The summed E-state index contributed by atoms with van der Waals surface area (Å²) in [5.74, 6) is 1.39. The highest BCUT2D eigenvalue weighted by Crippen LogP contribution is 2.38. The van der Waals surface area contributed by atoms with E-state index in [1.165, 1.54) is 19.8 Å². The van der Waals surface area contributed by atoms with Crippen LogP contribution in [0.15, 0.2) is 42.0 Å². The van der Waals surface area contributed by atoms with E-state index >= 15 is 0 Å². The summed E-state index contributed by atoms with van der Waals surface area (Å²) in [5.41, 5.74) is 4.09. The van der Waals surface area contributed by atoms with Crippen molar-refractivity contribution in [3.05, 3.63) is 53.1 Å². The first-order valence-electron chi connectivity index (χ1n) is 7.84. The first kappa shape index (κ1) is 17.7. The number of rotatable bonds is 5. The van der Waals surface area contributed by atoms with Crippen molar-refractivity contribution in [2.24, 2.45) is 5.92 Å². The van der Waals surface area contributed by atoms with E-state index in [9.17, 15) is 10.2 Å². The van der Waals surface area contributed by atoms with E-state index < -0.39 is 0 Å². The minimum absolute atomic E-state index is 0.103. The lowest BCUT2D eigenvalue weighted by molar-refractivity contribution is 0.373. The predicted molar refractivity (Wildman–Crippen MR) is 95.9 cm³/mol. The second-order valence-corrected chi connectivity index (χ2v) is 5.99. The molecule has 0 radical (unpaired) electrons. The zero-order valence-corrected chi connectivity index (χ0v) is 14.8. The van der Waals surface area contributed by atoms with Gasteiger partial charge in [0.25, 0.3) is 0 Å². The summed E-state index contributed by atoms with van der Waals surface area (Å²) >= 11 is 0. The van der Waals surface area contributed by atoms with Crippen LogP contribution in [0.25, 0.3) is 5.57 Å². The van der Waals surface area contributed by atoms with Crippen LogP contribution in [0.3, 0.4) is 0 Å². The van der Waals surface area contributed by atoms with Crippen LogP contribution in [-0.4, -0.2) is 24.4 Å². The van der Waals surface area contributed by atoms with E-state index in [0.717, 1.165) is 16.7 Å². The van der Waals surface area contributed by atoms with Crippen LogP contribution in [0, 0.1) is 5.92 Å². The molecule has 0 aliphatic rings. The van der Waals surface area contributed by atoms with Crippen LogP contribution in [-0.2, 0) is 0 Å². The van der Waals surface area contributed by atoms with Gasteiger partial charge >= 0.3 is 0 Å². The van der Waals surface area contributed by atoms with Crippen LogP contribution in [0.4, 0.5) is 0 Å². The van der Waals surface area contributed by atoms with Crippen molar-refractivity contribution < 1.29 is 19.7 Å². The van der Waals surface area contributed by atoms with Crippen LogP contribution < -0.4 is 9.47 Å². The Hall–Kier alpha value is -2.62. The summed E-state index contributed by atoms with van der Waals surface area (Å²) < 4.78 is 10.5. The molecule has 128 valence electrons.